The number of nitrogens with zero attached hydrogens (tertiary/aromatic N) is 4. The number of halogens is 1. The quantitative estimate of drug-likeness (QED) is 0.497. The van der Waals surface area contributed by atoms with Gasteiger partial charge in [-0.2, -0.15) is 15.0 Å². The average Bonchev–Trinajstić information content (AvgIpc) is 2.81. The van der Waals surface area contributed by atoms with Crippen molar-refractivity contribution >= 4 is 52.5 Å². The lowest BCUT2D eigenvalue weighted by molar-refractivity contribution is -0.113. The van der Waals surface area contributed by atoms with Gasteiger partial charge in [0.15, 0.2) is 5.16 Å². The number of carbonyl (C=O) groups excluding carboxylic acids is 1. The van der Waals surface area contributed by atoms with Gasteiger partial charge >= 0.3 is 0 Å². The summed E-state index contributed by atoms with van der Waals surface area (Å²) in [6.07, 6.45) is 0. The fraction of sp³-hybridized carbons (Fsp3) is 0.273. The molecule has 2 heterocycles. The Morgan fingerprint density at radius 1 is 1.09 bits per heavy atom. The highest BCUT2D eigenvalue weighted by molar-refractivity contribution is 7.99. The number of aryl methyl sites for hydroxylation is 1. The molecule has 0 aliphatic carbocycles. The third-order valence-corrected chi connectivity index (χ3v) is 5.97. The first-order valence-electron chi connectivity index (χ1n) is 10.2. The van der Waals surface area contributed by atoms with E-state index in [2.05, 4.69) is 30.5 Å². The zero-order valence-electron chi connectivity index (χ0n) is 17.5. The minimum Gasteiger partial charge on any atom is -0.378 e. The highest BCUT2D eigenvalue weighted by Crippen LogP contribution is 2.23. The van der Waals surface area contributed by atoms with Crippen LogP contribution in [-0.2, 0) is 9.53 Å². The molecule has 3 aromatic rings. The van der Waals surface area contributed by atoms with E-state index in [1.807, 2.05) is 49.4 Å². The number of morpholine rings is 1. The van der Waals surface area contributed by atoms with Crippen molar-refractivity contribution in [1.29, 1.82) is 0 Å². The molecule has 0 atom stereocenters. The van der Waals surface area contributed by atoms with E-state index >= 15 is 0 Å². The Labute approximate surface area is 195 Å². The summed E-state index contributed by atoms with van der Waals surface area (Å²) in [4.78, 5) is 28.2. The van der Waals surface area contributed by atoms with E-state index in [0.717, 1.165) is 11.3 Å². The summed E-state index contributed by atoms with van der Waals surface area (Å²) in [6, 6.07) is 15.1. The molecule has 4 rings (SSSR count). The van der Waals surface area contributed by atoms with E-state index in [1.165, 1.54) is 11.8 Å². The number of carbonyl (C=O) groups is 1. The Balaban J connectivity index is 1.47. The maximum absolute atomic E-state index is 12.5. The molecule has 0 bridgehead atoms. The summed E-state index contributed by atoms with van der Waals surface area (Å²) >= 11 is 7.39. The molecule has 8 nitrogen and oxygen atoms in total. The molecule has 1 aliphatic heterocycles. The van der Waals surface area contributed by atoms with Gasteiger partial charge in [-0.1, -0.05) is 47.6 Å². The summed E-state index contributed by atoms with van der Waals surface area (Å²) < 4.78 is 5.43. The van der Waals surface area contributed by atoms with E-state index in [4.69, 9.17) is 16.3 Å². The van der Waals surface area contributed by atoms with Gasteiger partial charge in [0.1, 0.15) is 0 Å². The van der Waals surface area contributed by atoms with E-state index in [-0.39, 0.29) is 11.7 Å². The van der Waals surface area contributed by atoms with Crippen molar-refractivity contribution in [1.82, 2.24) is 15.0 Å². The molecular weight excluding hydrogens is 448 g/mol. The van der Waals surface area contributed by atoms with Gasteiger partial charge in [-0.15, -0.1) is 0 Å². The number of benzene rings is 2. The standard InChI is InChI=1S/C22H23ClN6O2S/c1-15-7-8-17(13-18(15)23)24-19(30)14-32-22-27-20(25-16-5-3-2-4-6-16)26-21(28-22)29-9-11-31-12-10-29/h2-8,13H,9-12,14H2,1H3,(H,24,30)(H,25,26,27,28). The molecule has 1 fully saturated rings. The monoisotopic (exact) mass is 470 g/mol. The summed E-state index contributed by atoms with van der Waals surface area (Å²) in [5, 5.41) is 7.15. The molecule has 0 unspecified atom stereocenters. The third kappa shape index (κ3) is 6.09. The summed E-state index contributed by atoms with van der Waals surface area (Å²) in [5.41, 5.74) is 2.48. The molecule has 2 N–H and O–H groups in total. The van der Waals surface area contributed by atoms with Crippen LogP contribution in [0.4, 0.5) is 23.3 Å². The van der Waals surface area contributed by atoms with Crippen LogP contribution in [0.3, 0.4) is 0 Å². The second-order valence-electron chi connectivity index (χ2n) is 7.13. The fourth-order valence-electron chi connectivity index (χ4n) is 3.02. The van der Waals surface area contributed by atoms with Crippen LogP contribution in [-0.4, -0.2) is 52.9 Å². The lowest BCUT2D eigenvalue weighted by Gasteiger charge is -2.27. The van der Waals surface area contributed by atoms with Crippen molar-refractivity contribution in [3.8, 4) is 0 Å². The van der Waals surface area contributed by atoms with Crippen molar-refractivity contribution in [3.05, 3.63) is 59.1 Å². The molecule has 1 aromatic heterocycles. The first-order chi connectivity index (χ1) is 15.6. The average molecular weight is 471 g/mol. The Hall–Kier alpha value is -2.88. The van der Waals surface area contributed by atoms with Gasteiger partial charge < -0.3 is 20.3 Å². The SMILES string of the molecule is Cc1ccc(NC(=O)CSc2nc(Nc3ccccc3)nc(N3CCOCC3)n2)cc1Cl. The molecule has 0 saturated carbocycles. The highest BCUT2D eigenvalue weighted by atomic mass is 35.5. The smallest absolute Gasteiger partial charge is 0.234 e. The minimum atomic E-state index is -0.166. The lowest BCUT2D eigenvalue weighted by atomic mass is 10.2. The first-order valence-corrected chi connectivity index (χ1v) is 11.5. The van der Waals surface area contributed by atoms with Gasteiger partial charge in [-0.25, -0.2) is 0 Å². The van der Waals surface area contributed by atoms with E-state index in [9.17, 15) is 4.79 Å². The van der Waals surface area contributed by atoms with Crippen LogP contribution in [0.15, 0.2) is 53.7 Å². The van der Waals surface area contributed by atoms with Crippen molar-refractivity contribution in [2.24, 2.45) is 0 Å². The second-order valence-corrected chi connectivity index (χ2v) is 8.48. The minimum absolute atomic E-state index is 0.156. The predicted molar refractivity (Wildman–Crippen MR) is 128 cm³/mol. The number of aromatic nitrogens is 3. The summed E-state index contributed by atoms with van der Waals surface area (Å²) in [5.74, 6) is 0.986. The number of anilines is 4. The molecule has 0 spiro atoms. The number of amides is 1. The molecule has 32 heavy (non-hydrogen) atoms. The van der Waals surface area contributed by atoms with Crippen molar-refractivity contribution < 1.29 is 9.53 Å². The second kappa shape index (κ2) is 10.6. The van der Waals surface area contributed by atoms with Gasteiger partial charge in [0.05, 0.1) is 19.0 Å². The molecular formula is C22H23ClN6O2S. The summed E-state index contributed by atoms with van der Waals surface area (Å²) in [6.45, 7) is 4.56. The van der Waals surface area contributed by atoms with Crippen molar-refractivity contribution in [2.45, 2.75) is 12.1 Å². The van der Waals surface area contributed by atoms with E-state index in [1.54, 1.807) is 6.07 Å². The van der Waals surface area contributed by atoms with Crippen LogP contribution in [0, 0.1) is 6.92 Å². The van der Waals surface area contributed by atoms with Gasteiger partial charge in [0.25, 0.3) is 0 Å². The molecule has 1 amide bonds. The number of nitrogens with one attached hydrogen (secondary N) is 2. The normalized spacial score (nSPS) is 13.6. The maximum Gasteiger partial charge on any atom is 0.234 e. The maximum atomic E-state index is 12.5. The number of ether oxygens (including phenoxy) is 1. The van der Waals surface area contributed by atoms with E-state index in [0.29, 0.717) is 54.1 Å². The third-order valence-electron chi connectivity index (χ3n) is 4.71. The number of hydrogen-bond donors (Lipinski definition) is 2. The zero-order valence-corrected chi connectivity index (χ0v) is 19.1. The molecule has 2 aromatic carbocycles. The predicted octanol–water partition coefficient (Wildman–Crippen LogP) is 4.14. The number of para-hydroxylation sites is 1. The van der Waals surface area contributed by atoms with Crippen LogP contribution >= 0.6 is 23.4 Å². The largest absolute Gasteiger partial charge is 0.378 e. The Morgan fingerprint density at radius 3 is 2.62 bits per heavy atom. The lowest BCUT2D eigenvalue weighted by Crippen LogP contribution is -2.37. The van der Waals surface area contributed by atoms with Gasteiger partial charge in [0, 0.05) is 29.5 Å². The summed E-state index contributed by atoms with van der Waals surface area (Å²) in [7, 11) is 0. The topological polar surface area (TPSA) is 92.3 Å². The van der Waals surface area contributed by atoms with Crippen LogP contribution in [0.25, 0.3) is 0 Å². The molecule has 1 aliphatic rings. The fourth-order valence-corrected chi connectivity index (χ4v) is 3.83. The number of hydrogen-bond acceptors (Lipinski definition) is 8. The van der Waals surface area contributed by atoms with Gasteiger partial charge in [-0.05, 0) is 36.8 Å². The number of rotatable bonds is 7. The van der Waals surface area contributed by atoms with Crippen LogP contribution in [0.5, 0.6) is 0 Å². The van der Waals surface area contributed by atoms with Crippen LogP contribution in [0.2, 0.25) is 5.02 Å². The van der Waals surface area contributed by atoms with Crippen molar-refractivity contribution in [3.63, 3.8) is 0 Å². The van der Waals surface area contributed by atoms with Gasteiger partial charge in [-0.3, -0.25) is 4.79 Å². The Morgan fingerprint density at radius 2 is 1.88 bits per heavy atom. The van der Waals surface area contributed by atoms with Crippen LogP contribution in [0.1, 0.15) is 5.56 Å². The Bertz CT molecular complexity index is 1080. The molecule has 166 valence electrons. The molecule has 0 radical (unpaired) electrons. The van der Waals surface area contributed by atoms with Gasteiger partial charge in [0.2, 0.25) is 17.8 Å². The van der Waals surface area contributed by atoms with Crippen molar-refractivity contribution in [2.75, 3.05) is 47.6 Å². The first kappa shape index (κ1) is 22.3. The number of thioether (sulfide) groups is 1. The molecule has 10 heteroatoms. The highest BCUT2D eigenvalue weighted by Gasteiger charge is 2.17. The van der Waals surface area contributed by atoms with E-state index < -0.39 is 0 Å². The van der Waals surface area contributed by atoms with Crippen LogP contribution < -0.4 is 15.5 Å². The Kier molecular flexibility index (Phi) is 7.41. The zero-order chi connectivity index (χ0) is 22.3. The molecule has 1 saturated heterocycles.